The zero-order valence-electron chi connectivity index (χ0n) is 16.7. The highest BCUT2D eigenvalue weighted by molar-refractivity contribution is 7.10. The molecule has 158 valence electrons. The summed E-state index contributed by atoms with van der Waals surface area (Å²) in [6.07, 6.45) is 0. The van der Waals surface area contributed by atoms with Crippen LogP contribution < -0.4 is 14.4 Å². The summed E-state index contributed by atoms with van der Waals surface area (Å²) >= 11 is 7.68. The highest BCUT2D eigenvalue weighted by Gasteiger charge is 2.48. The van der Waals surface area contributed by atoms with Gasteiger partial charge in [-0.05, 0) is 41.8 Å². The van der Waals surface area contributed by atoms with Gasteiger partial charge in [-0.2, -0.15) is 0 Å². The van der Waals surface area contributed by atoms with E-state index in [9.17, 15) is 14.7 Å². The van der Waals surface area contributed by atoms with E-state index < -0.39 is 17.7 Å². The van der Waals surface area contributed by atoms with Gasteiger partial charge in [-0.25, -0.2) is 0 Å². The zero-order chi connectivity index (χ0) is 22.1. The number of halogens is 1. The first-order valence-corrected chi connectivity index (χ1v) is 10.5. The first kappa shape index (κ1) is 21.0. The Balaban J connectivity index is 1.97. The van der Waals surface area contributed by atoms with Crippen molar-refractivity contribution >= 4 is 46.1 Å². The second-order valence-corrected chi connectivity index (χ2v) is 8.09. The Bertz CT molecular complexity index is 1190. The van der Waals surface area contributed by atoms with Crippen molar-refractivity contribution in [2.24, 2.45) is 0 Å². The van der Waals surface area contributed by atoms with Crippen molar-refractivity contribution in [1.82, 2.24) is 0 Å². The van der Waals surface area contributed by atoms with Crippen molar-refractivity contribution in [3.8, 4) is 11.5 Å². The number of ketones is 1. The molecule has 2 heterocycles. The molecule has 1 fully saturated rings. The number of anilines is 1. The van der Waals surface area contributed by atoms with Gasteiger partial charge in [0.05, 0.1) is 30.5 Å². The van der Waals surface area contributed by atoms with Gasteiger partial charge >= 0.3 is 0 Å². The van der Waals surface area contributed by atoms with Crippen LogP contribution in [0, 0.1) is 0 Å². The molecule has 6 nitrogen and oxygen atoms in total. The summed E-state index contributed by atoms with van der Waals surface area (Å²) in [7, 11) is 2.98. The molecule has 2 aromatic carbocycles. The molecule has 31 heavy (non-hydrogen) atoms. The van der Waals surface area contributed by atoms with E-state index in [0.717, 1.165) is 0 Å². The van der Waals surface area contributed by atoms with Gasteiger partial charge in [0, 0.05) is 10.4 Å². The Morgan fingerprint density at radius 2 is 1.84 bits per heavy atom. The molecule has 0 radical (unpaired) electrons. The summed E-state index contributed by atoms with van der Waals surface area (Å²) in [5.74, 6) is -1.04. The molecule has 1 atom stereocenters. The van der Waals surface area contributed by atoms with Crippen molar-refractivity contribution in [3.63, 3.8) is 0 Å². The standard InChI is InChI=1S/C23H18ClNO5S/c1-29-13-9-10-15(24)14(12-13)21(26)19-20(18-8-5-11-31-18)25(23(28)22(19)27)16-6-3-4-7-17(16)30-2/h3-12,20,26H,1-2H3/b21-19-. The van der Waals surface area contributed by atoms with Crippen LogP contribution in [0.3, 0.4) is 0 Å². The molecular weight excluding hydrogens is 438 g/mol. The Morgan fingerprint density at radius 3 is 2.52 bits per heavy atom. The molecule has 1 aliphatic rings. The number of hydrogen-bond donors (Lipinski definition) is 1. The molecule has 3 aromatic rings. The fourth-order valence-corrected chi connectivity index (χ4v) is 4.61. The number of carbonyl (C=O) groups is 2. The van der Waals surface area contributed by atoms with E-state index in [-0.39, 0.29) is 21.9 Å². The Hall–Kier alpha value is -3.29. The van der Waals surface area contributed by atoms with Crippen LogP contribution in [-0.4, -0.2) is 31.0 Å². The maximum Gasteiger partial charge on any atom is 0.300 e. The monoisotopic (exact) mass is 455 g/mol. The normalized spacial score (nSPS) is 17.8. The molecule has 8 heteroatoms. The molecule has 1 aromatic heterocycles. The second kappa shape index (κ2) is 8.45. The number of rotatable bonds is 5. The third kappa shape index (κ3) is 3.56. The van der Waals surface area contributed by atoms with Crippen molar-refractivity contribution in [2.45, 2.75) is 6.04 Å². The Kier molecular flexibility index (Phi) is 5.71. The number of aliphatic hydroxyl groups is 1. The van der Waals surface area contributed by atoms with E-state index in [1.54, 1.807) is 36.4 Å². The third-order valence-electron chi connectivity index (χ3n) is 5.03. The maximum atomic E-state index is 13.2. The summed E-state index contributed by atoms with van der Waals surface area (Å²) in [5.41, 5.74) is 0.593. The molecule has 1 unspecified atom stereocenters. The van der Waals surface area contributed by atoms with Crippen LogP contribution in [0.5, 0.6) is 11.5 Å². The van der Waals surface area contributed by atoms with Gasteiger partial charge in [0.15, 0.2) is 0 Å². The fourth-order valence-electron chi connectivity index (χ4n) is 3.58. The smallest absolute Gasteiger partial charge is 0.300 e. The highest BCUT2D eigenvalue weighted by atomic mass is 35.5. The van der Waals surface area contributed by atoms with Gasteiger partial charge in [-0.3, -0.25) is 14.5 Å². The average Bonchev–Trinajstić information content (AvgIpc) is 3.40. The molecule has 1 amide bonds. The van der Waals surface area contributed by atoms with Gasteiger partial charge in [-0.1, -0.05) is 29.8 Å². The number of thiophene rings is 1. The minimum atomic E-state index is -0.835. The number of nitrogens with zero attached hydrogens (tertiary/aromatic N) is 1. The van der Waals surface area contributed by atoms with E-state index in [0.29, 0.717) is 22.1 Å². The van der Waals surface area contributed by atoms with E-state index in [1.807, 2.05) is 17.5 Å². The van der Waals surface area contributed by atoms with Crippen LogP contribution >= 0.6 is 22.9 Å². The van der Waals surface area contributed by atoms with Crippen LogP contribution in [0.1, 0.15) is 16.5 Å². The van der Waals surface area contributed by atoms with Gasteiger partial charge in [0.25, 0.3) is 11.7 Å². The molecule has 1 N–H and O–H groups in total. The average molecular weight is 456 g/mol. The minimum Gasteiger partial charge on any atom is -0.507 e. The number of aliphatic hydroxyl groups excluding tert-OH is 1. The summed E-state index contributed by atoms with van der Waals surface area (Å²) in [5, 5.41) is 13.3. The summed E-state index contributed by atoms with van der Waals surface area (Å²) in [4.78, 5) is 28.4. The van der Waals surface area contributed by atoms with Crippen LogP contribution in [0.25, 0.3) is 5.76 Å². The first-order chi connectivity index (χ1) is 15.0. The van der Waals surface area contributed by atoms with Crippen LogP contribution in [0.15, 0.2) is 65.6 Å². The number of methoxy groups -OCH3 is 2. The molecular formula is C23H18ClNO5S. The summed E-state index contributed by atoms with van der Waals surface area (Å²) in [6.45, 7) is 0. The lowest BCUT2D eigenvalue weighted by atomic mass is 9.99. The first-order valence-electron chi connectivity index (χ1n) is 9.29. The Morgan fingerprint density at radius 1 is 1.06 bits per heavy atom. The lowest BCUT2D eigenvalue weighted by Crippen LogP contribution is -2.29. The van der Waals surface area contributed by atoms with Crippen LogP contribution in [0.2, 0.25) is 5.02 Å². The number of para-hydroxylation sites is 2. The predicted octanol–water partition coefficient (Wildman–Crippen LogP) is 5.05. The van der Waals surface area contributed by atoms with Crippen molar-refractivity contribution in [2.75, 3.05) is 19.1 Å². The number of amides is 1. The summed E-state index contributed by atoms with van der Waals surface area (Å²) in [6, 6.07) is 14.5. The number of carbonyl (C=O) groups excluding carboxylic acids is 2. The molecule has 0 spiro atoms. The molecule has 1 saturated heterocycles. The number of benzene rings is 2. The van der Waals surface area contributed by atoms with Crippen LogP contribution in [0.4, 0.5) is 5.69 Å². The topological polar surface area (TPSA) is 76.1 Å². The Labute approximate surface area is 187 Å². The van der Waals surface area contributed by atoms with Crippen molar-refractivity contribution in [3.05, 3.63) is 81.0 Å². The highest BCUT2D eigenvalue weighted by Crippen LogP contribution is 2.46. The molecule has 1 aliphatic heterocycles. The SMILES string of the molecule is COc1ccc(Cl)c(/C(O)=C2/C(=O)C(=O)N(c3ccccc3OC)C2c2cccs2)c1. The largest absolute Gasteiger partial charge is 0.507 e. The molecule has 0 bridgehead atoms. The maximum absolute atomic E-state index is 13.2. The van der Waals surface area contributed by atoms with Gasteiger partial charge in [-0.15, -0.1) is 11.3 Å². The van der Waals surface area contributed by atoms with Gasteiger partial charge < -0.3 is 14.6 Å². The minimum absolute atomic E-state index is 0.0477. The van der Waals surface area contributed by atoms with E-state index in [4.69, 9.17) is 21.1 Å². The quantitative estimate of drug-likeness (QED) is 0.331. The molecule has 0 saturated carbocycles. The number of hydrogen-bond acceptors (Lipinski definition) is 6. The van der Waals surface area contributed by atoms with E-state index in [2.05, 4.69) is 0 Å². The van der Waals surface area contributed by atoms with E-state index >= 15 is 0 Å². The number of ether oxygens (including phenoxy) is 2. The van der Waals surface area contributed by atoms with Crippen molar-refractivity contribution < 1.29 is 24.2 Å². The lowest BCUT2D eigenvalue weighted by Gasteiger charge is -2.25. The zero-order valence-corrected chi connectivity index (χ0v) is 18.2. The third-order valence-corrected chi connectivity index (χ3v) is 6.28. The number of Topliss-reactive ketones (excluding diaryl/α,β-unsaturated/α-hetero) is 1. The van der Waals surface area contributed by atoms with Gasteiger partial charge in [0.1, 0.15) is 23.3 Å². The molecule has 4 rings (SSSR count). The predicted molar refractivity (Wildman–Crippen MR) is 120 cm³/mol. The van der Waals surface area contributed by atoms with Crippen LogP contribution in [-0.2, 0) is 9.59 Å². The van der Waals surface area contributed by atoms with Crippen molar-refractivity contribution in [1.29, 1.82) is 0 Å². The fraction of sp³-hybridized carbons (Fsp3) is 0.130. The van der Waals surface area contributed by atoms with Gasteiger partial charge in [0.2, 0.25) is 0 Å². The molecule has 0 aliphatic carbocycles. The van der Waals surface area contributed by atoms with E-state index in [1.165, 1.54) is 36.5 Å². The second-order valence-electron chi connectivity index (χ2n) is 6.70. The summed E-state index contributed by atoms with van der Waals surface area (Å²) < 4.78 is 10.6. The lowest BCUT2D eigenvalue weighted by molar-refractivity contribution is -0.132.